The number of imide groups is 1. The van der Waals surface area contributed by atoms with Crippen LogP contribution < -0.4 is 20.3 Å². The Bertz CT molecular complexity index is 1470. The van der Waals surface area contributed by atoms with E-state index >= 15 is 0 Å². The monoisotopic (exact) mass is 550 g/mol. The number of hydrogen-bond acceptors (Lipinski definition) is 7. The summed E-state index contributed by atoms with van der Waals surface area (Å²) in [5.41, 5.74) is 1.25. The van der Waals surface area contributed by atoms with Crippen molar-refractivity contribution in [3.63, 3.8) is 0 Å². The minimum atomic E-state index is -4.17. The third-order valence-corrected chi connectivity index (χ3v) is 8.25. The Morgan fingerprint density at radius 2 is 1.86 bits per heavy atom. The first-order valence-corrected chi connectivity index (χ1v) is 13.4. The predicted molar refractivity (Wildman–Crippen MR) is 136 cm³/mol. The van der Waals surface area contributed by atoms with Gasteiger partial charge in [0.15, 0.2) is 0 Å². The van der Waals surface area contributed by atoms with Crippen LogP contribution in [-0.2, 0) is 21.2 Å². The number of anilines is 3. The molecule has 0 unspecified atom stereocenters. The Labute approximate surface area is 215 Å². The quantitative estimate of drug-likeness (QED) is 0.369. The van der Waals surface area contributed by atoms with Gasteiger partial charge in [-0.3, -0.25) is 9.59 Å². The number of hydrogen-bond donors (Lipinski definition) is 3. The molecule has 1 aromatic heterocycles. The molecule has 2 aromatic carbocycles. The highest BCUT2D eigenvalue weighted by atomic mass is 35.5. The molecule has 0 atom stereocenters. The summed E-state index contributed by atoms with van der Waals surface area (Å²) in [4.78, 5) is 38.7. The fourth-order valence-electron chi connectivity index (χ4n) is 3.58. The zero-order chi connectivity index (χ0) is 26.0. The maximum atomic E-state index is 15.0. The number of halogens is 2. The molecule has 0 saturated carbocycles. The molecule has 0 bridgehead atoms. The second-order valence-corrected chi connectivity index (χ2v) is 11.4. The Balaban J connectivity index is 1.50. The smallest absolute Gasteiger partial charge is 0.333 e. The number of sulfonamides is 1. The van der Waals surface area contributed by atoms with Crippen molar-refractivity contribution in [2.75, 3.05) is 22.1 Å². The summed E-state index contributed by atoms with van der Waals surface area (Å²) in [5, 5.41) is 5.41. The average Bonchev–Trinajstić information content (AvgIpc) is 3.26. The van der Waals surface area contributed by atoms with E-state index in [1.54, 1.807) is 22.9 Å². The molecule has 0 radical (unpaired) electrons. The van der Waals surface area contributed by atoms with Crippen LogP contribution in [0.3, 0.4) is 0 Å². The number of nitrogens with zero attached hydrogens (tertiary/aromatic N) is 1. The van der Waals surface area contributed by atoms with Crippen LogP contribution in [0.1, 0.15) is 29.3 Å². The number of rotatable bonds is 7. The van der Waals surface area contributed by atoms with Gasteiger partial charge < -0.3 is 10.6 Å². The minimum absolute atomic E-state index is 0.0860. The molecule has 4 amide bonds. The maximum absolute atomic E-state index is 15.0. The molecule has 0 aliphatic carbocycles. The van der Waals surface area contributed by atoms with Gasteiger partial charge in [-0.1, -0.05) is 18.5 Å². The molecular formula is C23H20ClFN4O5S2. The van der Waals surface area contributed by atoms with Crippen LogP contribution >= 0.6 is 22.9 Å². The number of benzene rings is 2. The van der Waals surface area contributed by atoms with E-state index in [2.05, 4.69) is 10.6 Å². The van der Waals surface area contributed by atoms with Crippen LogP contribution in [0.25, 0.3) is 0 Å². The van der Waals surface area contributed by atoms with Gasteiger partial charge in [0, 0.05) is 23.5 Å². The third-order valence-electron chi connectivity index (χ3n) is 5.20. The van der Waals surface area contributed by atoms with Crippen LogP contribution in [0.4, 0.5) is 26.2 Å². The van der Waals surface area contributed by atoms with Gasteiger partial charge in [0.2, 0.25) is 5.91 Å². The molecule has 1 aliphatic heterocycles. The highest BCUT2D eigenvalue weighted by Gasteiger charge is 2.34. The van der Waals surface area contributed by atoms with Crippen molar-refractivity contribution in [2.45, 2.75) is 24.0 Å². The number of nitrogens with one attached hydrogen (secondary N) is 3. The zero-order valence-electron chi connectivity index (χ0n) is 18.8. The van der Waals surface area contributed by atoms with Crippen LogP contribution in [0.5, 0.6) is 0 Å². The van der Waals surface area contributed by atoms with Crippen molar-refractivity contribution in [3.8, 4) is 0 Å². The standard InChI is InChI=1S/C23H20ClFN4O5S2/c1-2-9-26-14-3-5-16-13(10-14)11-20(30)29(22(16)31)18-6-4-15(12-17(18)25)27-23(32)28-36(33,34)21-8-7-19(24)35-21/h3-8,10,12,26H,2,9,11H2,1H3,(H2,27,28,32). The van der Waals surface area contributed by atoms with E-state index in [1.165, 1.54) is 18.2 Å². The lowest BCUT2D eigenvalue weighted by Crippen LogP contribution is -2.43. The fraction of sp³-hybridized carbons (Fsp3) is 0.174. The maximum Gasteiger partial charge on any atom is 0.333 e. The molecule has 13 heteroatoms. The minimum Gasteiger partial charge on any atom is -0.385 e. The first kappa shape index (κ1) is 25.6. The summed E-state index contributed by atoms with van der Waals surface area (Å²) in [5.74, 6) is -2.22. The summed E-state index contributed by atoms with van der Waals surface area (Å²) in [6, 6.07) is 9.83. The van der Waals surface area contributed by atoms with Gasteiger partial charge in [-0.25, -0.2) is 27.2 Å². The van der Waals surface area contributed by atoms with Crippen molar-refractivity contribution in [1.29, 1.82) is 0 Å². The summed E-state index contributed by atoms with van der Waals surface area (Å²) >= 11 is 6.50. The number of fused-ring (bicyclic) bond motifs is 1. The Morgan fingerprint density at radius 3 is 2.53 bits per heavy atom. The van der Waals surface area contributed by atoms with Gasteiger partial charge in [-0.2, -0.15) is 0 Å². The van der Waals surface area contributed by atoms with Gasteiger partial charge >= 0.3 is 6.03 Å². The molecule has 1 aliphatic rings. The highest BCUT2D eigenvalue weighted by molar-refractivity contribution is 7.92. The number of amides is 4. The van der Waals surface area contributed by atoms with Crippen molar-refractivity contribution >= 4 is 67.9 Å². The molecule has 3 N–H and O–H groups in total. The van der Waals surface area contributed by atoms with Crippen LogP contribution in [-0.4, -0.2) is 32.8 Å². The lowest BCUT2D eigenvalue weighted by Gasteiger charge is -2.27. The van der Waals surface area contributed by atoms with E-state index in [-0.39, 0.29) is 31.9 Å². The lowest BCUT2D eigenvalue weighted by molar-refractivity contribution is -0.117. The first-order valence-electron chi connectivity index (χ1n) is 10.7. The van der Waals surface area contributed by atoms with Gasteiger partial charge in [0.25, 0.3) is 15.9 Å². The topological polar surface area (TPSA) is 125 Å². The fourth-order valence-corrected chi connectivity index (χ4v) is 5.97. The summed E-state index contributed by atoms with van der Waals surface area (Å²) in [6.45, 7) is 2.76. The Hall–Kier alpha value is -3.48. The molecule has 2 heterocycles. The first-order chi connectivity index (χ1) is 17.1. The van der Waals surface area contributed by atoms with E-state index in [0.29, 0.717) is 5.56 Å². The highest BCUT2D eigenvalue weighted by Crippen LogP contribution is 2.31. The van der Waals surface area contributed by atoms with E-state index in [4.69, 9.17) is 11.6 Å². The lowest BCUT2D eigenvalue weighted by atomic mass is 9.97. The van der Waals surface area contributed by atoms with E-state index in [0.717, 1.165) is 47.0 Å². The van der Waals surface area contributed by atoms with Crippen LogP contribution in [0.15, 0.2) is 52.7 Å². The summed E-state index contributed by atoms with van der Waals surface area (Å²) < 4.78 is 41.3. The molecule has 0 fully saturated rings. The number of carbonyl (C=O) groups excluding carboxylic acids is 3. The van der Waals surface area contributed by atoms with Crippen molar-refractivity contribution in [3.05, 3.63) is 69.8 Å². The van der Waals surface area contributed by atoms with E-state index in [9.17, 15) is 27.2 Å². The van der Waals surface area contributed by atoms with Gasteiger partial charge in [-0.05, 0) is 60.5 Å². The number of carbonyl (C=O) groups is 3. The summed E-state index contributed by atoms with van der Waals surface area (Å²) in [7, 11) is -4.17. The summed E-state index contributed by atoms with van der Waals surface area (Å²) in [6.07, 6.45) is 0.822. The largest absolute Gasteiger partial charge is 0.385 e. The average molecular weight is 551 g/mol. The normalized spacial score (nSPS) is 13.4. The van der Waals surface area contributed by atoms with Crippen molar-refractivity contribution < 1.29 is 27.2 Å². The molecule has 188 valence electrons. The third kappa shape index (κ3) is 5.35. The van der Waals surface area contributed by atoms with Crippen molar-refractivity contribution in [2.24, 2.45) is 0 Å². The van der Waals surface area contributed by atoms with Gasteiger partial charge in [0.05, 0.1) is 16.4 Å². The van der Waals surface area contributed by atoms with E-state index < -0.39 is 33.7 Å². The SMILES string of the molecule is CCCNc1ccc2c(c1)CC(=O)N(c1ccc(NC(=O)NS(=O)(=O)c3ccc(Cl)s3)cc1F)C2=O. The molecule has 3 aromatic rings. The second kappa shape index (κ2) is 10.2. The Kier molecular flexibility index (Phi) is 7.29. The molecule has 36 heavy (non-hydrogen) atoms. The van der Waals surface area contributed by atoms with Crippen LogP contribution in [0, 0.1) is 5.82 Å². The zero-order valence-corrected chi connectivity index (χ0v) is 21.2. The van der Waals surface area contributed by atoms with Gasteiger partial charge in [0.1, 0.15) is 10.0 Å². The van der Waals surface area contributed by atoms with Gasteiger partial charge in [-0.15, -0.1) is 11.3 Å². The van der Waals surface area contributed by atoms with Crippen molar-refractivity contribution in [1.82, 2.24) is 4.72 Å². The molecule has 9 nitrogen and oxygen atoms in total. The van der Waals surface area contributed by atoms with Crippen LogP contribution in [0.2, 0.25) is 4.34 Å². The van der Waals surface area contributed by atoms with E-state index in [1.807, 2.05) is 6.92 Å². The second-order valence-electron chi connectivity index (χ2n) is 7.79. The molecule has 0 saturated heterocycles. The Morgan fingerprint density at radius 1 is 1.11 bits per heavy atom. The predicted octanol–water partition coefficient (Wildman–Crippen LogP) is 4.60. The molecule has 0 spiro atoms. The number of urea groups is 1. The number of thiophene rings is 1. The molecular weight excluding hydrogens is 531 g/mol. The molecule has 4 rings (SSSR count).